The molecule has 3 aromatic rings. The molecule has 0 spiro atoms. The van der Waals surface area contributed by atoms with Gasteiger partial charge in [-0.05, 0) is 41.6 Å². The average molecular weight is 489 g/mol. The predicted octanol–water partition coefficient (Wildman–Crippen LogP) is 4.18. The molecule has 9 nitrogen and oxygen atoms in total. The molecular formula is C25H20N4O5S. The highest BCUT2D eigenvalue weighted by molar-refractivity contribution is 8.18. The highest BCUT2D eigenvalue weighted by atomic mass is 32.2. The lowest BCUT2D eigenvalue weighted by Gasteiger charge is -2.10. The number of carbonyl (C=O) groups is 2. The molecule has 2 N–H and O–H groups in total. The minimum Gasteiger partial charge on any atom is -0.483 e. The van der Waals surface area contributed by atoms with Gasteiger partial charge in [0.1, 0.15) is 5.75 Å². The molecular weight excluding hydrogens is 468 g/mol. The maximum Gasteiger partial charge on any atom is 0.269 e. The predicted molar refractivity (Wildman–Crippen MR) is 134 cm³/mol. The zero-order valence-electron chi connectivity index (χ0n) is 18.3. The number of nitro benzene ring substituents is 1. The first-order valence-corrected chi connectivity index (χ1v) is 11.4. The van der Waals surface area contributed by atoms with Crippen molar-refractivity contribution in [3.63, 3.8) is 0 Å². The van der Waals surface area contributed by atoms with E-state index in [2.05, 4.69) is 15.6 Å². The van der Waals surface area contributed by atoms with Crippen molar-refractivity contribution in [1.82, 2.24) is 10.6 Å². The van der Waals surface area contributed by atoms with Gasteiger partial charge in [0.05, 0.1) is 15.5 Å². The molecule has 1 fully saturated rings. The number of nitrogens with one attached hydrogen (secondary N) is 2. The summed E-state index contributed by atoms with van der Waals surface area (Å²) in [7, 11) is 0. The van der Waals surface area contributed by atoms with Crippen LogP contribution in [0.1, 0.15) is 11.1 Å². The number of amidine groups is 1. The lowest BCUT2D eigenvalue weighted by Crippen LogP contribution is -2.28. The van der Waals surface area contributed by atoms with Gasteiger partial charge in [-0.2, -0.15) is 0 Å². The second-order valence-corrected chi connectivity index (χ2v) is 8.37. The van der Waals surface area contributed by atoms with Gasteiger partial charge >= 0.3 is 0 Å². The molecule has 1 saturated heterocycles. The van der Waals surface area contributed by atoms with Crippen molar-refractivity contribution in [3.05, 3.63) is 105 Å². The fourth-order valence-electron chi connectivity index (χ4n) is 3.11. The number of para-hydroxylation sites is 1. The van der Waals surface area contributed by atoms with Crippen molar-refractivity contribution in [2.24, 2.45) is 4.99 Å². The molecule has 0 aliphatic carbocycles. The summed E-state index contributed by atoms with van der Waals surface area (Å²) in [5.74, 6) is -0.128. The Kier molecular flexibility index (Phi) is 7.53. The Bertz CT molecular complexity index is 1310. The molecule has 0 aromatic heterocycles. The molecule has 176 valence electrons. The van der Waals surface area contributed by atoms with E-state index in [9.17, 15) is 19.7 Å². The molecule has 1 aliphatic rings. The highest BCUT2D eigenvalue weighted by Gasteiger charge is 2.24. The topological polar surface area (TPSA) is 123 Å². The number of carbonyl (C=O) groups excluding carboxylic acids is 2. The van der Waals surface area contributed by atoms with Crippen LogP contribution in [0.15, 0.2) is 88.8 Å². The molecule has 35 heavy (non-hydrogen) atoms. The van der Waals surface area contributed by atoms with E-state index in [4.69, 9.17) is 4.74 Å². The van der Waals surface area contributed by atoms with E-state index >= 15 is 0 Å². The van der Waals surface area contributed by atoms with Crippen LogP contribution < -0.4 is 15.4 Å². The third-order valence-electron chi connectivity index (χ3n) is 4.84. The number of rotatable bonds is 8. The van der Waals surface area contributed by atoms with E-state index < -0.39 is 4.92 Å². The van der Waals surface area contributed by atoms with Crippen molar-refractivity contribution in [1.29, 1.82) is 0 Å². The smallest absolute Gasteiger partial charge is 0.269 e. The molecule has 2 amide bonds. The van der Waals surface area contributed by atoms with Crippen molar-refractivity contribution < 1.29 is 19.2 Å². The van der Waals surface area contributed by atoms with E-state index in [1.807, 2.05) is 30.3 Å². The minimum atomic E-state index is -0.490. The summed E-state index contributed by atoms with van der Waals surface area (Å²) < 4.78 is 5.70. The summed E-state index contributed by atoms with van der Waals surface area (Å²) in [6, 6.07) is 22.4. The average Bonchev–Trinajstić information content (AvgIpc) is 3.21. The zero-order chi connectivity index (χ0) is 24.6. The Labute approximate surface area is 205 Å². The standard InChI is InChI=1S/C25H20N4O5S/c30-23(26-15-17-6-2-1-3-7-17)16-34-21-9-5-4-8-18(21)14-22-24(31)28-25(35-22)27-19-10-12-20(13-11-19)29(32)33/h1-14H,15-16H2,(H,26,30)(H,27,28,31). The largest absolute Gasteiger partial charge is 0.483 e. The van der Waals surface area contributed by atoms with Crippen LogP contribution in [0.3, 0.4) is 0 Å². The van der Waals surface area contributed by atoms with Crippen LogP contribution >= 0.6 is 11.8 Å². The second-order valence-electron chi connectivity index (χ2n) is 7.34. The quantitative estimate of drug-likeness (QED) is 0.279. The van der Waals surface area contributed by atoms with Crippen LogP contribution in [0.25, 0.3) is 6.08 Å². The van der Waals surface area contributed by atoms with E-state index in [1.54, 1.807) is 30.3 Å². The van der Waals surface area contributed by atoms with Crippen molar-refractivity contribution in [3.8, 4) is 5.75 Å². The molecule has 10 heteroatoms. The summed E-state index contributed by atoms with van der Waals surface area (Å²) in [4.78, 5) is 39.7. The van der Waals surface area contributed by atoms with Gasteiger partial charge in [-0.15, -0.1) is 0 Å². The van der Waals surface area contributed by atoms with Gasteiger partial charge < -0.3 is 15.4 Å². The van der Waals surface area contributed by atoms with E-state index in [1.165, 1.54) is 24.3 Å². The van der Waals surface area contributed by atoms with Gasteiger partial charge in [0.25, 0.3) is 17.5 Å². The number of thioether (sulfide) groups is 1. The molecule has 4 rings (SSSR count). The fourth-order valence-corrected chi connectivity index (χ4v) is 3.94. The number of hydrogen-bond donors (Lipinski definition) is 2. The number of benzene rings is 3. The van der Waals surface area contributed by atoms with E-state index in [0.29, 0.717) is 33.6 Å². The van der Waals surface area contributed by atoms with E-state index in [-0.39, 0.29) is 24.1 Å². The SMILES string of the molecule is O=C(COc1ccccc1C=C1SC(=Nc2ccc([N+](=O)[O-])cc2)NC1=O)NCc1ccccc1. The number of nitrogens with zero attached hydrogens (tertiary/aromatic N) is 2. The molecule has 0 atom stereocenters. The van der Waals surface area contributed by atoms with Crippen LogP contribution in [0.4, 0.5) is 11.4 Å². The Balaban J connectivity index is 1.40. The summed E-state index contributed by atoms with van der Waals surface area (Å²) in [5.41, 5.74) is 2.06. The summed E-state index contributed by atoms with van der Waals surface area (Å²) in [5, 5.41) is 16.6. The van der Waals surface area contributed by atoms with Crippen LogP contribution in [-0.4, -0.2) is 28.5 Å². The fraction of sp³-hybridized carbons (Fsp3) is 0.0800. The Morgan fingerprint density at radius 1 is 1.06 bits per heavy atom. The van der Waals surface area contributed by atoms with Gasteiger partial charge in [0, 0.05) is 24.2 Å². The van der Waals surface area contributed by atoms with Crippen molar-refractivity contribution in [2.45, 2.75) is 6.54 Å². The monoisotopic (exact) mass is 488 g/mol. The number of hydrogen-bond acceptors (Lipinski definition) is 7. The highest BCUT2D eigenvalue weighted by Crippen LogP contribution is 2.31. The van der Waals surface area contributed by atoms with Gasteiger partial charge in [-0.3, -0.25) is 19.7 Å². The first kappa shape index (κ1) is 23.7. The van der Waals surface area contributed by atoms with E-state index in [0.717, 1.165) is 17.3 Å². The molecule has 0 unspecified atom stereocenters. The van der Waals surface area contributed by atoms with Crippen molar-refractivity contribution in [2.75, 3.05) is 6.61 Å². The van der Waals surface area contributed by atoms with Crippen LogP contribution in [0.5, 0.6) is 5.75 Å². The van der Waals surface area contributed by atoms with Crippen LogP contribution in [0, 0.1) is 10.1 Å². The first-order valence-electron chi connectivity index (χ1n) is 10.5. The molecule has 3 aromatic carbocycles. The third kappa shape index (κ3) is 6.55. The van der Waals surface area contributed by atoms with Gasteiger partial charge in [-0.25, -0.2) is 4.99 Å². The lowest BCUT2D eigenvalue weighted by atomic mass is 10.2. The number of aliphatic imine (C=N–C) groups is 1. The zero-order valence-corrected chi connectivity index (χ0v) is 19.2. The lowest BCUT2D eigenvalue weighted by molar-refractivity contribution is -0.384. The van der Waals surface area contributed by atoms with Gasteiger partial charge in [0.2, 0.25) is 0 Å². The molecule has 1 heterocycles. The molecule has 1 aliphatic heterocycles. The first-order chi connectivity index (χ1) is 17.0. The van der Waals surface area contributed by atoms with Gasteiger partial charge in [-0.1, -0.05) is 48.5 Å². The van der Waals surface area contributed by atoms with Crippen LogP contribution in [-0.2, 0) is 16.1 Å². The number of non-ortho nitro benzene ring substituents is 1. The van der Waals surface area contributed by atoms with Crippen molar-refractivity contribution >= 4 is 46.2 Å². The number of amides is 2. The Morgan fingerprint density at radius 3 is 2.51 bits per heavy atom. The van der Waals surface area contributed by atoms with Crippen LogP contribution in [0.2, 0.25) is 0 Å². The molecule has 0 radical (unpaired) electrons. The molecule has 0 bridgehead atoms. The maximum atomic E-state index is 12.4. The Hall–Kier alpha value is -4.44. The summed E-state index contributed by atoms with van der Waals surface area (Å²) >= 11 is 1.14. The van der Waals surface area contributed by atoms with Gasteiger partial charge in [0.15, 0.2) is 11.8 Å². The number of nitro groups is 1. The summed E-state index contributed by atoms with van der Waals surface area (Å²) in [6.07, 6.45) is 1.66. The normalized spacial score (nSPS) is 15.1. The summed E-state index contributed by atoms with van der Waals surface area (Å²) in [6.45, 7) is 0.238. The minimum absolute atomic E-state index is 0.0389. The Morgan fingerprint density at radius 2 is 1.77 bits per heavy atom. The number of ether oxygens (including phenoxy) is 1. The third-order valence-corrected chi connectivity index (χ3v) is 5.75. The second kappa shape index (κ2) is 11.1. The molecule has 0 saturated carbocycles. The maximum absolute atomic E-state index is 12.4.